The predicted octanol–water partition coefficient (Wildman–Crippen LogP) is 2.93. The molecule has 0 bridgehead atoms. The molecule has 0 aliphatic heterocycles. The van der Waals surface area contributed by atoms with Crippen LogP contribution in [0.15, 0.2) is 0 Å². The van der Waals surface area contributed by atoms with E-state index < -0.39 is 0 Å². The molecule has 15 heavy (non-hydrogen) atoms. The first-order valence-corrected chi connectivity index (χ1v) is 6.71. The van der Waals surface area contributed by atoms with Crippen LogP contribution in [0.2, 0.25) is 0 Å². The second-order valence-corrected chi connectivity index (χ2v) is 4.63. The average molecular weight is 214 g/mol. The largest absolute Gasteiger partial charge is 0.317 e. The van der Waals surface area contributed by atoms with E-state index in [0.717, 1.165) is 0 Å². The Morgan fingerprint density at radius 2 is 1.40 bits per heavy atom. The molecule has 0 aromatic heterocycles. The third kappa shape index (κ3) is 13.9. The van der Waals surface area contributed by atoms with Gasteiger partial charge in [0.05, 0.1) is 0 Å². The molecular formula is C13H30N2. The van der Waals surface area contributed by atoms with Crippen LogP contribution in [0.25, 0.3) is 0 Å². The maximum absolute atomic E-state index is 3.50. The van der Waals surface area contributed by atoms with Gasteiger partial charge in [-0.25, -0.2) is 0 Å². The van der Waals surface area contributed by atoms with Crippen LogP contribution in [0.5, 0.6) is 0 Å². The quantitative estimate of drug-likeness (QED) is 0.517. The van der Waals surface area contributed by atoms with E-state index in [-0.39, 0.29) is 0 Å². The van der Waals surface area contributed by atoms with Crippen molar-refractivity contribution < 1.29 is 0 Å². The Morgan fingerprint density at radius 1 is 0.800 bits per heavy atom. The first-order chi connectivity index (χ1) is 7.27. The Bertz CT molecular complexity index is 113. The minimum absolute atomic E-state index is 0.636. The molecule has 0 saturated heterocycles. The second-order valence-electron chi connectivity index (χ2n) is 4.63. The maximum Gasteiger partial charge on any atom is 0.00103 e. The number of hydrogen-bond acceptors (Lipinski definition) is 2. The van der Waals surface area contributed by atoms with Gasteiger partial charge in [-0.05, 0) is 38.9 Å². The van der Waals surface area contributed by atoms with Crippen LogP contribution in [0.3, 0.4) is 0 Å². The van der Waals surface area contributed by atoms with Crippen LogP contribution in [-0.4, -0.2) is 25.7 Å². The lowest BCUT2D eigenvalue weighted by molar-refractivity contribution is 0.531. The maximum atomic E-state index is 3.50. The highest BCUT2D eigenvalue weighted by Gasteiger charge is 1.92. The zero-order chi connectivity index (χ0) is 11.4. The topological polar surface area (TPSA) is 24.1 Å². The van der Waals surface area contributed by atoms with Crippen molar-refractivity contribution in [3.05, 3.63) is 0 Å². The summed E-state index contributed by atoms with van der Waals surface area (Å²) in [5.74, 6) is 0. The summed E-state index contributed by atoms with van der Waals surface area (Å²) in [6, 6.07) is 0.636. The van der Waals surface area contributed by atoms with Crippen molar-refractivity contribution in [2.24, 2.45) is 0 Å². The summed E-state index contributed by atoms with van der Waals surface area (Å²) in [5.41, 5.74) is 0. The van der Waals surface area contributed by atoms with Crippen molar-refractivity contribution in [2.45, 2.75) is 65.3 Å². The molecule has 0 unspecified atom stereocenters. The standard InChI is InChI=1S/C13H30N2/c1-4-5-7-10-14-11-8-6-9-12-15-13(2)3/h13-15H,4-12H2,1-3H3. The van der Waals surface area contributed by atoms with Crippen molar-refractivity contribution in [1.29, 1.82) is 0 Å². The smallest absolute Gasteiger partial charge is 0.00103 e. The molecule has 0 rings (SSSR count). The third-order valence-corrected chi connectivity index (χ3v) is 2.54. The van der Waals surface area contributed by atoms with Gasteiger partial charge in [-0.15, -0.1) is 0 Å². The molecule has 0 aromatic rings. The van der Waals surface area contributed by atoms with E-state index in [1.54, 1.807) is 0 Å². The summed E-state index contributed by atoms with van der Waals surface area (Å²) >= 11 is 0. The number of rotatable bonds is 11. The number of nitrogens with one attached hydrogen (secondary N) is 2. The fourth-order valence-electron chi connectivity index (χ4n) is 1.57. The molecule has 0 amide bonds. The molecule has 2 N–H and O–H groups in total. The Kier molecular flexibility index (Phi) is 11.9. The summed E-state index contributed by atoms with van der Waals surface area (Å²) < 4.78 is 0. The molecule has 0 aliphatic rings. The monoisotopic (exact) mass is 214 g/mol. The van der Waals surface area contributed by atoms with Crippen LogP contribution in [0.1, 0.15) is 59.3 Å². The number of unbranched alkanes of at least 4 members (excludes halogenated alkanes) is 4. The van der Waals surface area contributed by atoms with E-state index in [9.17, 15) is 0 Å². The Hall–Kier alpha value is -0.0800. The Labute approximate surface area is 96.2 Å². The molecule has 0 spiro atoms. The molecule has 2 nitrogen and oxygen atoms in total. The van der Waals surface area contributed by atoms with Crippen LogP contribution in [-0.2, 0) is 0 Å². The van der Waals surface area contributed by atoms with E-state index in [0.29, 0.717) is 6.04 Å². The van der Waals surface area contributed by atoms with E-state index in [1.165, 1.54) is 58.2 Å². The SMILES string of the molecule is CCCCCNCCCCCNC(C)C. The first-order valence-electron chi connectivity index (χ1n) is 6.71. The van der Waals surface area contributed by atoms with Crippen molar-refractivity contribution in [3.63, 3.8) is 0 Å². The van der Waals surface area contributed by atoms with Crippen molar-refractivity contribution in [3.8, 4) is 0 Å². The van der Waals surface area contributed by atoms with Gasteiger partial charge in [0.25, 0.3) is 0 Å². The molecule has 0 heterocycles. The fourth-order valence-corrected chi connectivity index (χ4v) is 1.57. The van der Waals surface area contributed by atoms with Gasteiger partial charge < -0.3 is 10.6 Å². The summed E-state index contributed by atoms with van der Waals surface area (Å²) in [6.45, 7) is 10.2. The van der Waals surface area contributed by atoms with Gasteiger partial charge in [-0.3, -0.25) is 0 Å². The zero-order valence-electron chi connectivity index (χ0n) is 10.9. The lowest BCUT2D eigenvalue weighted by Crippen LogP contribution is -2.23. The molecule has 0 fully saturated rings. The molecule has 92 valence electrons. The highest BCUT2D eigenvalue weighted by molar-refractivity contribution is 4.54. The van der Waals surface area contributed by atoms with Crippen LogP contribution in [0.4, 0.5) is 0 Å². The highest BCUT2D eigenvalue weighted by atomic mass is 14.9. The number of hydrogen-bond donors (Lipinski definition) is 2. The van der Waals surface area contributed by atoms with Crippen molar-refractivity contribution >= 4 is 0 Å². The normalized spacial score (nSPS) is 11.2. The summed E-state index contributed by atoms with van der Waals surface area (Å²) in [4.78, 5) is 0. The molecule has 0 saturated carbocycles. The van der Waals surface area contributed by atoms with E-state index in [1.807, 2.05) is 0 Å². The van der Waals surface area contributed by atoms with E-state index in [2.05, 4.69) is 31.4 Å². The van der Waals surface area contributed by atoms with E-state index in [4.69, 9.17) is 0 Å². The van der Waals surface area contributed by atoms with Crippen molar-refractivity contribution in [1.82, 2.24) is 10.6 Å². The summed E-state index contributed by atoms with van der Waals surface area (Å²) in [7, 11) is 0. The van der Waals surface area contributed by atoms with Gasteiger partial charge in [-0.1, -0.05) is 40.0 Å². The predicted molar refractivity (Wildman–Crippen MR) is 69.4 cm³/mol. The minimum Gasteiger partial charge on any atom is -0.317 e. The highest BCUT2D eigenvalue weighted by Crippen LogP contribution is 1.94. The zero-order valence-corrected chi connectivity index (χ0v) is 10.9. The summed E-state index contributed by atoms with van der Waals surface area (Å²) in [5, 5.41) is 6.94. The first kappa shape index (κ1) is 14.9. The molecule has 0 radical (unpaired) electrons. The van der Waals surface area contributed by atoms with Gasteiger partial charge in [-0.2, -0.15) is 0 Å². The molecular weight excluding hydrogens is 184 g/mol. The summed E-state index contributed by atoms with van der Waals surface area (Å²) in [6.07, 6.45) is 8.01. The molecule has 0 aliphatic carbocycles. The Morgan fingerprint density at radius 3 is 2.00 bits per heavy atom. The average Bonchev–Trinajstić information content (AvgIpc) is 2.20. The molecule has 0 aromatic carbocycles. The van der Waals surface area contributed by atoms with Gasteiger partial charge in [0, 0.05) is 6.04 Å². The van der Waals surface area contributed by atoms with Crippen molar-refractivity contribution in [2.75, 3.05) is 19.6 Å². The third-order valence-electron chi connectivity index (χ3n) is 2.54. The van der Waals surface area contributed by atoms with E-state index >= 15 is 0 Å². The second kappa shape index (κ2) is 12.0. The van der Waals surface area contributed by atoms with Crippen LogP contribution in [0, 0.1) is 0 Å². The lowest BCUT2D eigenvalue weighted by atomic mass is 10.2. The van der Waals surface area contributed by atoms with Crippen LogP contribution < -0.4 is 10.6 Å². The lowest BCUT2D eigenvalue weighted by Gasteiger charge is -2.07. The molecule has 2 heteroatoms. The van der Waals surface area contributed by atoms with Crippen LogP contribution >= 0.6 is 0 Å². The van der Waals surface area contributed by atoms with Gasteiger partial charge in [0.1, 0.15) is 0 Å². The van der Waals surface area contributed by atoms with Gasteiger partial charge in [0.15, 0.2) is 0 Å². The fraction of sp³-hybridized carbons (Fsp3) is 1.00. The minimum atomic E-state index is 0.636. The Balaban J connectivity index is 2.87. The molecule has 0 atom stereocenters. The van der Waals surface area contributed by atoms with Gasteiger partial charge >= 0.3 is 0 Å². The van der Waals surface area contributed by atoms with Gasteiger partial charge in [0.2, 0.25) is 0 Å².